The molecule has 1 fully saturated rings. The van der Waals surface area contributed by atoms with E-state index in [0.717, 1.165) is 11.9 Å². The van der Waals surface area contributed by atoms with Crippen molar-refractivity contribution in [1.82, 2.24) is 24.8 Å². The van der Waals surface area contributed by atoms with Gasteiger partial charge in [-0.1, -0.05) is 26.0 Å². The molecule has 6 nitrogen and oxygen atoms in total. The summed E-state index contributed by atoms with van der Waals surface area (Å²) in [6.07, 6.45) is -4.37. The van der Waals surface area contributed by atoms with Crippen LogP contribution in [-0.2, 0) is 6.18 Å². The largest absolute Gasteiger partial charge is 0.416 e. The monoisotopic (exact) mass is 480 g/mol. The molecule has 0 aliphatic carbocycles. The number of nitrogens with one attached hydrogen (secondary N) is 1. The van der Waals surface area contributed by atoms with Gasteiger partial charge in [-0.2, -0.15) is 23.1 Å². The third kappa shape index (κ3) is 4.66. The highest BCUT2D eigenvalue weighted by Crippen LogP contribution is 2.38. The highest BCUT2D eigenvalue weighted by Gasteiger charge is 2.38. The number of hydrogen-bond acceptors (Lipinski definition) is 5. The fraction of sp³-hybridized carbons (Fsp3) is 0.522. The molecular formula is C23H28ClF3N6. The van der Waals surface area contributed by atoms with E-state index < -0.39 is 11.7 Å². The predicted octanol–water partition coefficient (Wildman–Crippen LogP) is 5.63. The van der Waals surface area contributed by atoms with Gasteiger partial charge >= 0.3 is 6.18 Å². The first-order valence-corrected chi connectivity index (χ1v) is 11.4. The van der Waals surface area contributed by atoms with Crippen molar-refractivity contribution in [2.75, 3.05) is 18.0 Å². The zero-order chi connectivity index (χ0) is 24.1. The summed E-state index contributed by atoms with van der Waals surface area (Å²) >= 11 is 6.19. The molecule has 0 radical (unpaired) electrons. The molecule has 3 atom stereocenters. The number of anilines is 1. The van der Waals surface area contributed by atoms with Crippen molar-refractivity contribution in [3.63, 3.8) is 0 Å². The minimum absolute atomic E-state index is 0.0411. The minimum atomic E-state index is -4.37. The topological polar surface area (TPSA) is 60.9 Å². The first kappa shape index (κ1) is 23.8. The summed E-state index contributed by atoms with van der Waals surface area (Å²) in [5.41, 5.74) is 1.33. The maximum Gasteiger partial charge on any atom is 0.416 e. The fourth-order valence-electron chi connectivity index (χ4n) is 4.87. The van der Waals surface area contributed by atoms with Gasteiger partial charge in [0, 0.05) is 31.2 Å². The molecule has 0 spiro atoms. The molecule has 1 aromatic carbocycles. The first-order chi connectivity index (χ1) is 15.5. The second-order valence-corrected chi connectivity index (χ2v) is 9.53. The average molecular weight is 481 g/mol. The van der Waals surface area contributed by atoms with Gasteiger partial charge in [0.15, 0.2) is 17.0 Å². The van der Waals surface area contributed by atoms with Crippen LogP contribution in [0.1, 0.15) is 50.7 Å². The highest BCUT2D eigenvalue weighted by molar-refractivity contribution is 6.28. The number of nitrogens with zero attached hydrogens (tertiary/aromatic N) is 5. The molecule has 3 aromatic rings. The van der Waals surface area contributed by atoms with Crippen molar-refractivity contribution in [3.05, 3.63) is 46.5 Å². The lowest BCUT2D eigenvalue weighted by molar-refractivity contribution is -0.137. The molecule has 0 amide bonds. The summed E-state index contributed by atoms with van der Waals surface area (Å²) in [6.45, 7) is 11.4. The Bertz CT molecular complexity index is 1140. The number of rotatable bonds is 4. The van der Waals surface area contributed by atoms with Crippen LogP contribution < -0.4 is 4.90 Å². The molecule has 178 valence electrons. The quantitative estimate of drug-likeness (QED) is 0.490. The summed E-state index contributed by atoms with van der Waals surface area (Å²) in [5, 5.41) is 0.146. The smallest absolute Gasteiger partial charge is 0.349 e. The van der Waals surface area contributed by atoms with Gasteiger partial charge in [0.25, 0.3) is 0 Å². The zero-order valence-electron chi connectivity index (χ0n) is 19.3. The van der Waals surface area contributed by atoms with E-state index >= 15 is 0 Å². The highest BCUT2D eigenvalue weighted by atomic mass is 35.5. The Morgan fingerprint density at radius 2 is 1.82 bits per heavy atom. The number of halogens is 4. The van der Waals surface area contributed by atoms with Crippen LogP contribution in [0, 0.1) is 12.8 Å². The van der Waals surface area contributed by atoms with E-state index in [1.165, 1.54) is 12.1 Å². The fourth-order valence-corrected chi connectivity index (χ4v) is 5.03. The van der Waals surface area contributed by atoms with Crippen molar-refractivity contribution < 1.29 is 13.2 Å². The van der Waals surface area contributed by atoms with Gasteiger partial charge in [-0.25, -0.2) is 4.98 Å². The number of benzene rings is 1. The number of aromatic nitrogens is 4. The molecule has 1 unspecified atom stereocenters. The molecule has 1 saturated heterocycles. The number of piperazine rings is 1. The molecule has 3 heterocycles. The second kappa shape index (κ2) is 8.76. The van der Waals surface area contributed by atoms with Crippen LogP contribution in [0.15, 0.2) is 24.3 Å². The van der Waals surface area contributed by atoms with Gasteiger partial charge in [-0.3, -0.25) is 4.90 Å². The molecule has 1 aliphatic rings. The van der Waals surface area contributed by atoms with Gasteiger partial charge in [0.05, 0.1) is 5.56 Å². The maximum absolute atomic E-state index is 13.4. The molecule has 1 N–H and O–H groups in total. The Hall–Kier alpha value is -2.39. The predicted molar refractivity (Wildman–Crippen MR) is 123 cm³/mol. The molecule has 33 heavy (non-hydrogen) atoms. The first-order valence-electron chi connectivity index (χ1n) is 11.0. The van der Waals surface area contributed by atoms with Gasteiger partial charge < -0.3 is 9.88 Å². The summed E-state index contributed by atoms with van der Waals surface area (Å²) < 4.78 is 40.1. The number of fused-ring (bicyclic) bond motifs is 1. The summed E-state index contributed by atoms with van der Waals surface area (Å²) in [4.78, 5) is 20.8. The zero-order valence-corrected chi connectivity index (χ0v) is 20.0. The van der Waals surface area contributed by atoms with Crippen molar-refractivity contribution in [2.24, 2.45) is 5.92 Å². The SMILES string of the molecule is Cc1nc2c(N3C[C@@H](C)N(C(c4cccc(C(F)(F)F)c4)C(C)C)C[C@@H]3C)nc(Cl)nc2[nH]1. The van der Waals surface area contributed by atoms with E-state index in [2.05, 4.69) is 57.4 Å². The maximum atomic E-state index is 13.4. The van der Waals surface area contributed by atoms with Crippen LogP contribution in [-0.4, -0.2) is 50.0 Å². The average Bonchev–Trinajstić information content (AvgIpc) is 3.09. The van der Waals surface area contributed by atoms with Gasteiger partial charge in [0.1, 0.15) is 5.82 Å². The van der Waals surface area contributed by atoms with Crippen LogP contribution in [0.25, 0.3) is 11.2 Å². The van der Waals surface area contributed by atoms with Gasteiger partial charge in [-0.15, -0.1) is 0 Å². The number of aryl methyl sites for hydroxylation is 1. The van der Waals surface area contributed by atoms with E-state index in [-0.39, 0.29) is 29.3 Å². The number of H-pyrrole nitrogens is 1. The Balaban J connectivity index is 1.66. The lowest BCUT2D eigenvalue weighted by Crippen LogP contribution is -2.58. The standard InChI is InChI=1S/C23H28ClF3N6/c1-12(2)19(16-7-6-8-17(9-16)23(25,26)27)32-10-14(4)33(11-13(32)3)21-18-20(29-15(5)28-18)30-22(24)31-21/h6-9,12-14,19H,10-11H2,1-5H3,(H,28,29,30,31)/t13-,14+,19?/m1/s1. The molecule has 4 rings (SSSR count). The molecule has 2 aromatic heterocycles. The van der Waals surface area contributed by atoms with E-state index in [1.807, 2.05) is 6.92 Å². The molecule has 0 bridgehead atoms. The second-order valence-electron chi connectivity index (χ2n) is 9.19. The third-order valence-electron chi connectivity index (χ3n) is 6.27. The van der Waals surface area contributed by atoms with Crippen LogP contribution in [0.2, 0.25) is 5.28 Å². The van der Waals surface area contributed by atoms with Crippen molar-refractivity contribution >= 4 is 28.6 Å². The lowest BCUT2D eigenvalue weighted by atomic mass is 9.90. The number of alkyl halides is 3. The van der Waals surface area contributed by atoms with E-state index in [4.69, 9.17) is 11.6 Å². The molecule has 1 aliphatic heterocycles. The van der Waals surface area contributed by atoms with Crippen LogP contribution >= 0.6 is 11.6 Å². The van der Waals surface area contributed by atoms with E-state index in [9.17, 15) is 13.2 Å². The van der Waals surface area contributed by atoms with Gasteiger partial charge in [0.2, 0.25) is 5.28 Å². The Kier molecular flexibility index (Phi) is 6.30. The molecule has 10 heteroatoms. The van der Waals surface area contributed by atoms with Crippen LogP contribution in [0.5, 0.6) is 0 Å². The summed E-state index contributed by atoms with van der Waals surface area (Å²) in [6, 6.07) is 5.66. The normalized spacial score (nSPS) is 21.2. The van der Waals surface area contributed by atoms with Crippen molar-refractivity contribution in [1.29, 1.82) is 0 Å². The number of hydrogen-bond donors (Lipinski definition) is 1. The summed E-state index contributed by atoms with van der Waals surface area (Å²) in [7, 11) is 0. The Morgan fingerprint density at radius 1 is 1.09 bits per heavy atom. The van der Waals surface area contributed by atoms with Crippen molar-refractivity contribution in [2.45, 2.75) is 58.9 Å². The Morgan fingerprint density at radius 3 is 2.48 bits per heavy atom. The molecular weight excluding hydrogens is 453 g/mol. The number of aromatic amines is 1. The van der Waals surface area contributed by atoms with E-state index in [1.54, 1.807) is 6.07 Å². The minimum Gasteiger partial charge on any atom is -0.349 e. The van der Waals surface area contributed by atoms with E-state index in [0.29, 0.717) is 35.6 Å². The Labute approximate surface area is 196 Å². The summed E-state index contributed by atoms with van der Waals surface area (Å²) in [5.74, 6) is 1.53. The number of imidazole rings is 1. The van der Waals surface area contributed by atoms with Crippen LogP contribution in [0.4, 0.5) is 19.0 Å². The molecule has 0 saturated carbocycles. The lowest BCUT2D eigenvalue weighted by Gasteiger charge is -2.49. The van der Waals surface area contributed by atoms with Crippen LogP contribution in [0.3, 0.4) is 0 Å². The third-order valence-corrected chi connectivity index (χ3v) is 6.44. The van der Waals surface area contributed by atoms with Gasteiger partial charge in [-0.05, 0) is 56.0 Å². The van der Waals surface area contributed by atoms with Crippen molar-refractivity contribution in [3.8, 4) is 0 Å².